The summed E-state index contributed by atoms with van der Waals surface area (Å²) in [5.41, 5.74) is 1.25. The number of benzene rings is 1. The van der Waals surface area contributed by atoms with Crippen molar-refractivity contribution in [3.63, 3.8) is 0 Å². The molecule has 0 aliphatic rings. The van der Waals surface area contributed by atoms with Gasteiger partial charge in [-0.2, -0.15) is 0 Å². The molecule has 2 aromatic rings. The molecule has 22 heavy (non-hydrogen) atoms. The number of rotatable bonds is 5. The smallest absolute Gasteiger partial charge is 0.274 e. The number of para-hydroxylation sites is 1. The summed E-state index contributed by atoms with van der Waals surface area (Å²) in [6.07, 6.45) is 3.06. The van der Waals surface area contributed by atoms with E-state index in [-0.39, 0.29) is 18.1 Å². The Balaban J connectivity index is 2.06. The summed E-state index contributed by atoms with van der Waals surface area (Å²) in [4.78, 5) is 28.2. The van der Waals surface area contributed by atoms with Crippen LogP contribution in [0.4, 0.5) is 5.69 Å². The first-order valence-corrected chi connectivity index (χ1v) is 7.43. The Hall–Kier alpha value is -2.54. The predicted octanol–water partition coefficient (Wildman–Crippen LogP) is 3.03. The van der Waals surface area contributed by atoms with Crippen LogP contribution in [-0.4, -0.2) is 27.8 Å². The van der Waals surface area contributed by atoms with Crippen LogP contribution in [0, 0.1) is 17.0 Å². The van der Waals surface area contributed by atoms with E-state index in [0.717, 1.165) is 10.7 Å². The van der Waals surface area contributed by atoms with Crippen molar-refractivity contribution in [2.24, 2.45) is 0 Å². The standard InChI is InChI=1S/C15H15N3O3S/c1-11-16-13(10-22-11)7-8-15(19)17(2)9-12-5-3-4-6-14(12)18(20)21/h3-8,10H,9H2,1-2H3/b8-7+. The van der Waals surface area contributed by atoms with Gasteiger partial charge in [0.1, 0.15) is 0 Å². The number of thiazole rings is 1. The molecule has 0 N–H and O–H groups in total. The monoisotopic (exact) mass is 317 g/mol. The van der Waals surface area contributed by atoms with Crippen LogP contribution < -0.4 is 0 Å². The van der Waals surface area contributed by atoms with Crippen LogP contribution in [-0.2, 0) is 11.3 Å². The van der Waals surface area contributed by atoms with Gasteiger partial charge >= 0.3 is 0 Å². The van der Waals surface area contributed by atoms with Gasteiger partial charge in [0.15, 0.2) is 0 Å². The van der Waals surface area contributed by atoms with Crippen LogP contribution in [0.5, 0.6) is 0 Å². The van der Waals surface area contributed by atoms with Gasteiger partial charge in [0.05, 0.1) is 22.2 Å². The van der Waals surface area contributed by atoms with E-state index in [1.54, 1.807) is 31.3 Å². The second-order valence-corrected chi connectivity index (χ2v) is 5.77. The van der Waals surface area contributed by atoms with Crippen molar-refractivity contribution in [1.82, 2.24) is 9.88 Å². The lowest BCUT2D eigenvalue weighted by Gasteiger charge is -2.15. The fraction of sp³-hybridized carbons (Fsp3) is 0.200. The topological polar surface area (TPSA) is 76.3 Å². The van der Waals surface area contributed by atoms with Crippen LogP contribution in [0.3, 0.4) is 0 Å². The minimum Gasteiger partial charge on any atom is -0.338 e. The molecular weight excluding hydrogens is 302 g/mol. The highest BCUT2D eigenvalue weighted by Crippen LogP contribution is 2.19. The zero-order valence-corrected chi connectivity index (χ0v) is 13.0. The van der Waals surface area contributed by atoms with Gasteiger partial charge < -0.3 is 4.90 Å². The van der Waals surface area contributed by atoms with E-state index in [9.17, 15) is 14.9 Å². The Morgan fingerprint density at radius 3 is 2.82 bits per heavy atom. The van der Waals surface area contributed by atoms with Crippen molar-refractivity contribution in [1.29, 1.82) is 0 Å². The predicted molar refractivity (Wildman–Crippen MR) is 85.5 cm³/mol. The molecule has 7 heteroatoms. The lowest BCUT2D eigenvalue weighted by molar-refractivity contribution is -0.385. The van der Waals surface area contributed by atoms with Crippen LogP contribution >= 0.6 is 11.3 Å². The third-order valence-electron chi connectivity index (χ3n) is 3.01. The van der Waals surface area contributed by atoms with Crippen LogP contribution in [0.25, 0.3) is 6.08 Å². The molecule has 1 aromatic heterocycles. The first kappa shape index (κ1) is 15.8. The summed E-state index contributed by atoms with van der Waals surface area (Å²) in [6, 6.07) is 6.40. The molecule has 0 saturated heterocycles. The van der Waals surface area contributed by atoms with Crippen molar-refractivity contribution in [2.45, 2.75) is 13.5 Å². The molecule has 0 saturated carbocycles. The van der Waals surface area contributed by atoms with E-state index in [1.165, 1.54) is 28.4 Å². The number of carbonyl (C=O) groups is 1. The normalized spacial score (nSPS) is 10.8. The molecule has 1 amide bonds. The molecule has 0 fully saturated rings. The number of hydrogen-bond donors (Lipinski definition) is 0. The Morgan fingerprint density at radius 2 is 2.18 bits per heavy atom. The molecule has 6 nitrogen and oxygen atoms in total. The minimum atomic E-state index is -0.443. The van der Waals surface area contributed by atoms with Gasteiger partial charge in [-0.3, -0.25) is 14.9 Å². The second-order valence-electron chi connectivity index (χ2n) is 4.70. The zero-order valence-electron chi connectivity index (χ0n) is 12.2. The molecular formula is C15H15N3O3S. The highest BCUT2D eigenvalue weighted by molar-refractivity contribution is 7.09. The molecule has 0 aliphatic carbocycles. The Bertz CT molecular complexity index is 724. The number of nitrogens with zero attached hydrogens (tertiary/aromatic N) is 3. The van der Waals surface area contributed by atoms with Crippen LogP contribution in [0.15, 0.2) is 35.7 Å². The lowest BCUT2D eigenvalue weighted by atomic mass is 10.1. The third kappa shape index (κ3) is 3.98. The fourth-order valence-corrected chi connectivity index (χ4v) is 2.48. The molecule has 114 valence electrons. The summed E-state index contributed by atoms with van der Waals surface area (Å²) >= 11 is 1.51. The van der Waals surface area contributed by atoms with Crippen molar-refractivity contribution >= 4 is 29.0 Å². The maximum atomic E-state index is 12.1. The zero-order chi connectivity index (χ0) is 16.1. The van der Waals surface area contributed by atoms with Gasteiger partial charge in [-0.05, 0) is 13.0 Å². The molecule has 0 atom stereocenters. The highest BCUT2D eigenvalue weighted by Gasteiger charge is 2.15. The van der Waals surface area contributed by atoms with Crippen molar-refractivity contribution in [2.75, 3.05) is 7.05 Å². The van der Waals surface area contributed by atoms with Crippen molar-refractivity contribution < 1.29 is 9.72 Å². The van der Waals surface area contributed by atoms with Crippen molar-refractivity contribution in [3.05, 3.63) is 62.1 Å². The van der Waals surface area contributed by atoms with E-state index in [2.05, 4.69) is 4.98 Å². The average Bonchev–Trinajstić information content (AvgIpc) is 2.90. The number of aromatic nitrogens is 1. The van der Waals surface area contributed by atoms with Crippen molar-refractivity contribution in [3.8, 4) is 0 Å². The Morgan fingerprint density at radius 1 is 1.45 bits per heavy atom. The SMILES string of the molecule is Cc1nc(/C=C/C(=O)N(C)Cc2ccccc2[N+](=O)[O-])cs1. The highest BCUT2D eigenvalue weighted by atomic mass is 32.1. The van der Waals surface area contributed by atoms with Gasteiger partial charge in [-0.1, -0.05) is 18.2 Å². The molecule has 2 rings (SSSR count). The van der Waals surface area contributed by atoms with E-state index < -0.39 is 4.92 Å². The number of carbonyl (C=O) groups excluding carboxylic acids is 1. The summed E-state index contributed by atoms with van der Waals surface area (Å²) < 4.78 is 0. The number of nitro benzene ring substituents is 1. The summed E-state index contributed by atoms with van der Waals surface area (Å²) in [5, 5.41) is 13.8. The van der Waals surface area contributed by atoms with Crippen LogP contribution in [0.2, 0.25) is 0 Å². The molecule has 1 aromatic carbocycles. The first-order chi connectivity index (χ1) is 10.5. The second kappa shape index (κ2) is 6.95. The van der Waals surface area contributed by atoms with E-state index >= 15 is 0 Å². The fourth-order valence-electron chi connectivity index (χ4n) is 1.90. The van der Waals surface area contributed by atoms with E-state index in [4.69, 9.17) is 0 Å². The van der Waals surface area contributed by atoms with Gasteiger partial charge in [0.2, 0.25) is 5.91 Å². The number of likely N-dealkylation sites (N-methyl/N-ethyl adjacent to an activating group) is 1. The largest absolute Gasteiger partial charge is 0.338 e. The maximum Gasteiger partial charge on any atom is 0.274 e. The van der Waals surface area contributed by atoms with Gasteiger partial charge in [0.25, 0.3) is 5.69 Å². The molecule has 0 radical (unpaired) electrons. The van der Waals surface area contributed by atoms with E-state index in [1.807, 2.05) is 12.3 Å². The Kier molecular flexibility index (Phi) is 5.00. The molecule has 1 heterocycles. The number of nitro groups is 1. The summed E-state index contributed by atoms with van der Waals surface area (Å²) in [7, 11) is 1.61. The Labute approximate surface area is 131 Å². The number of aryl methyl sites for hydroxylation is 1. The quantitative estimate of drug-likeness (QED) is 0.482. The number of hydrogen-bond acceptors (Lipinski definition) is 5. The minimum absolute atomic E-state index is 0.0151. The lowest BCUT2D eigenvalue weighted by Crippen LogP contribution is -2.24. The van der Waals surface area contributed by atoms with Crippen LogP contribution in [0.1, 0.15) is 16.3 Å². The average molecular weight is 317 g/mol. The molecule has 0 aliphatic heterocycles. The number of amides is 1. The summed E-state index contributed by atoms with van der Waals surface area (Å²) in [6.45, 7) is 2.07. The third-order valence-corrected chi connectivity index (χ3v) is 3.80. The maximum absolute atomic E-state index is 12.1. The van der Waals surface area contributed by atoms with Gasteiger partial charge in [-0.25, -0.2) is 4.98 Å². The molecule has 0 bridgehead atoms. The van der Waals surface area contributed by atoms with E-state index in [0.29, 0.717) is 5.56 Å². The molecule has 0 unspecified atom stereocenters. The van der Waals surface area contributed by atoms with Gasteiger partial charge in [-0.15, -0.1) is 11.3 Å². The molecule has 0 spiro atoms. The summed E-state index contributed by atoms with van der Waals surface area (Å²) in [5.74, 6) is -0.233. The first-order valence-electron chi connectivity index (χ1n) is 6.55. The van der Waals surface area contributed by atoms with Gasteiger partial charge in [0, 0.05) is 30.1 Å².